The van der Waals surface area contributed by atoms with E-state index in [1.807, 2.05) is 0 Å². The summed E-state index contributed by atoms with van der Waals surface area (Å²) in [4.78, 5) is 0. The largest absolute Gasteiger partial charge is 0.493 e. The quantitative estimate of drug-likeness (QED) is 0.735. The van der Waals surface area contributed by atoms with Gasteiger partial charge >= 0.3 is 0 Å². The van der Waals surface area contributed by atoms with Gasteiger partial charge in [0.05, 0.1) is 6.61 Å². The smallest absolute Gasteiger partial charge is 0.123 e. The van der Waals surface area contributed by atoms with Crippen LogP contribution in [0.25, 0.3) is 0 Å². The molecular weight excluding hydrogens is 270 g/mol. The molecule has 3 rings (SSSR count). The molecule has 2 fully saturated rings. The third-order valence-electron chi connectivity index (χ3n) is 5.20. The van der Waals surface area contributed by atoms with E-state index >= 15 is 0 Å². The number of para-hydroxylation sites is 1. The predicted molar refractivity (Wildman–Crippen MR) is 92.2 cm³/mol. The van der Waals surface area contributed by atoms with Gasteiger partial charge in [-0.15, -0.1) is 0 Å². The lowest BCUT2D eigenvalue weighted by Crippen LogP contribution is -2.28. The maximum absolute atomic E-state index is 6.00. The topological polar surface area (TPSA) is 21.3 Å². The first-order chi connectivity index (χ1) is 10.8. The van der Waals surface area contributed by atoms with Crippen LogP contribution in [0.5, 0.6) is 5.75 Å². The van der Waals surface area contributed by atoms with Crippen molar-refractivity contribution in [2.45, 2.75) is 70.9 Å². The van der Waals surface area contributed by atoms with E-state index in [4.69, 9.17) is 4.74 Å². The fourth-order valence-electron chi connectivity index (χ4n) is 3.57. The van der Waals surface area contributed by atoms with Crippen LogP contribution in [0.15, 0.2) is 24.3 Å². The van der Waals surface area contributed by atoms with Gasteiger partial charge in [0.1, 0.15) is 5.75 Å². The van der Waals surface area contributed by atoms with Gasteiger partial charge in [-0.25, -0.2) is 0 Å². The predicted octanol–water partition coefficient (Wildman–Crippen LogP) is 4.92. The summed E-state index contributed by atoms with van der Waals surface area (Å²) in [6.07, 6.45) is 11.2. The molecule has 0 heterocycles. The van der Waals surface area contributed by atoms with E-state index in [9.17, 15) is 0 Å². The van der Waals surface area contributed by atoms with E-state index in [1.54, 1.807) is 0 Å². The third kappa shape index (κ3) is 5.01. The van der Waals surface area contributed by atoms with Gasteiger partial charge in [-0.3, -0.25) is 0 Å². The lowest BCUT2D eigenvalue weighted by atomic mass is 9.85. The van der Waals surface area contributed by atoms with Gasteiger partial charge in [0.2, 0.25) is 0 Å². The summed E-state index contributed by atoms with van der Waals surface area (Å²) < 4.78 is 6.00. The van der Waals surface area contributed by atoms with Crippen LogP contribution in [0.3, 0.4) is 0 Å². The number of hydrogen-bond donors (Lipinski definition) is 1. The minimum Gasteiger partial charge on any atom is -0.493 e. The molecule has 2 aliphatic carbocycles. The zero-order valence-corrected chi connectivity index (χ0v) is 14.0. The Morgan fingerprint density at radius 1 is 1.05 bits per heavy atom. The molecule has 1 N–H and O–H groups in total. The van der Waals surface area contributed by atoms with Gasteiger partial charge < -0.3 is 10.1 Å². The molecular formula is C20H31NO. The highest BCUT2D eigenvalue weighted by Gasteiger charge is 2.22. The third-order valence-corrected chi connectivity index (χ3v) is 5.20. The molecule has 1 unspecified atom stereocenters. The molecule has 0 spiro atoms. The second-order valence-electron chi connectivity index (χ2n) is 7.38. The Hall–Kier alpha value is -1.02. The Kier molecular flexibility index (Phi) is 5.77. The van der Waals surface area contributed by atoms with Crippen molar-refractivity contribution in [1.82, 2.24) is 5.32 Å². The lowest BCUT2D eigenvalue weighted by molar-refractivity contribution is 0.291. The zero-order chi connectivity index (χ0) is 15.2. The molecule has 0 amide bonds. The Bertz CT molecular complexity index is 449. The van der Waals surface area contributed by atoms with Crippen molar-refractivity contribution in [3.8, 4) is 5.75 Å². The first-order valence-electron chi connectivity index (χ1n) is 9.25. The fourth-order valence-corrected chi connectivity index (χ4v) is 3.57. The summed E-state index contributed by atoms with van der Waals surface area (Å²) in [5.41, 5.74) is 1.30. The molecule has 22 heavy (non-hydrogen) atoms. The van der Waals surface area contributed by atoms with Crippen LogP contribution in [0.2, 0.25) is 0 Å². The Morgan fingerprint density at radius 2 is 1.82 bits per heavy atom. The van der Waals surface area contributed by atoms with Gasteiger partial charge in [-0.05, 0) is 44.1 Å². The number of nitrogens with one attached hydrogen (secondary N) is 1. The van der Waals surface area contributed by atoms with E-state index in [-0.39, 0.29) is 0 Å². The van der Waals surface area contributed by atoms with Crippen molar-refractivity contribution in [2.75, 3.05) is 6.61 Å². The number of hydrogen-bond acceptors (Lipinski definition) is 2. The van der Waals surface area contributed by atoms with Crippen molar-refractivity contribution in [3.05, 3.63) is 29.8 Å². The van der Waals surface area contributed by atoms with Crippen molar-refractivity contribution in [1.29, 1.82) is 0 Å². The minimum absolute atomic E-state index is 0.597. The Labute approximate surface area is 135 Å². The highest BCUT2D eigenvalue weighted by Crippen LogP contribution is 2.30. The molecule has 0 aliphatic heterocycles. The van der Waals surface area contributed by atoms with Crippen LogP contribution in [-0.2, 0) is 6.54 Å². The van der Waals surface area contributed by atoms with Gasteiger partial charge in [0, 0.05) is 18.2 Å². The monoisotopic (exact) mass is 301 g/mol. The standard InChI is InChI=1S/C20H31NO/c1-16(13-17-7-3-2-4-8-17)21-14-19-9-5-6-10-20(19)22-15-18-11-12-18/h5-6,9-10,16-18,21H,2-4,7-8,11-15H2,1H3. The molecule has 1 aromatic rings. The van der Waals surface area contributed by atoms with E-state index in [1.165, 1.54) is 56.9 Å². The molecule has 2 saturated carbocycles. The van der Waals surface area contributed by atoms with E-state index < -0.39 is 0 Å². The van der Waals surface area contributed by atoms with E-state index in [0.29, 0.717) is 6.04 Å². The summed E-state index contributed by atoms with van der Waals surface area (Å²) in [5, 5.41) is 3.71. The molecule has 1 atom stereocenters. The van der Waals surface area contributed by atoms with Gasteiger partial charge in [0.15, 0.2) is 0 Å². The summed E-state index contributed by atoms with van der Waals surface area (Å²) in [6, 6.07) is 9.11. The number of benzene rings is 1. The van der Waals surface area contributed by atoms with Gasteiger partial charge in [0.25, 0.3) is 0 Å². The summed E-state index contributed by atoms with van der Waals surface area (Å²) in [5.74, 6) is 2.83. The van der Waals surface area contributed by atoms with E-state index in [0.717, 1.165) is 30.7 Å². The van der Waals surface area contributed by atoms with Crippen molar-refractivity contribution in [3.63, 3.8) is 0 Å². The second kappa shape index (κ2) is 8.01. The summed E-state index contributed by atoms with van der Waals surface area (Å²) >= 11 is 0. The molecule has 2 heteroatoms. The number of rotatable bonds is 8. The molecule has 0 saturated heterocycles. The van der Waals surface area contributed by atoms with Crippen LogP contribution in [0.4, 0.5) is 0 Å². The Morgan fingerprint density at radius 3 is 2.59 bits per heavy atom. The summed E-state index contributed by atoms with van der Waals surface area (Å²) in [7, 11) is 0. The van der Waals surface area contributed by atoms with E-state index in [2.05, 4.69) is 36.5 Å². The Balaban J connectivity index is 1.45. The number of ether oxygens (including phenoxy) is 1. The van der Waals surface area contributed by atoms with Crippen molar-refractivity contribution < 1.29 is 4.74 Å². The van der Waals surface area contributed by atoms with Crippen LogP contribution in [0, 0.1) is 11.8 Å². The molecule has 0 aromatic heterocycles. The highest BCUT2D eigenvalue weighted by molar-refractivity contribution is 5.33. The maximum Gasteiger partial charge on any atom is 0.123 e. The minimum atomic E-state index is 0.597. The normalized spacial score (nSPS) is 20.8. The maximum atomic E-state index is 6.00. The SMILES string of the molecule is CC(CC1CCCCC1)NCc1ccccc1OCC1CC1. The first kappa shape index (κ1) is 15.9. The lowest BCUT2D eigenvalue weighted by Gasteiger charge is -2.25. The fraction of sp³-hybridized carbons (Fsp3) is 0.700. The molecule has 2 nitrogen and oxygen atoms in total. The van der Waals surface area contributed by atoms with Crippen LogP contribution >= 0.6 is 0 Å². The molecule has 2 aliphatic rings. The highest BCUT2D eigenvalue weighted by atomic mass is 16.5. The van der Waals surface area contributed by atoms with Crippen molar-refractivity contribution in [2.24, 2.45) is 11.8 Å². The zero-order valence-electron chi connectivity index (χ0n) is 14.0. The van der Waals surface area contributed by atoms with Crippen LogP contribution < -0.4 is 10.1 Å². The summed E-state index contributed by atoms with van der Waals surface area (Å²) in [6.45, 7) is 4.16. The average molecular weight is 301 g/mol. The first-order valence-corrected chi connectivity index (χ1v) is 9.25. The van der Waals surface area contributed by atoms with Gasteiger partial charge in [-0.2, -0.15) is 0 Å². The molecule has 1 aromatic carbocycles. The molecule has 122 valence electrons. The second-order valence-corrected chi connectivity index (χ2v) is 7.38. The van der Waals surface area contributed by atoms with Gasteiger partial charge in [-0.1, -0.05) is 50.3 Å². The average Bonchev–Trinajstić information content (AvgIpc) is 3.37. The molecule has 0 radical (unpaired) electrons. The van der Waals surface area contributed by atoms with Crippen LogP contribution in [0.1, 0.15) is 63.9 Å². The van der Waals surface area contributed by atoms with Crippen molar-refractivity contribution >= 4 is 0 Å². The van der Waals surface area contributed by atoms with Crippen LogP contribution in [-0.4, -0.2) is 12.6 Å². The molecule has 0 bridgehead atoms.